The molecule has 1 amide bonds. The van der Waals surface area contributed by atoms with Gasteiger partial charge >= 0.3 is 10.3 Å². The summed E-state index contributed by atoms with van der Waals surface area (Å²) >= 11 is 0. The highest BCUT2D eigenvalue weighted by Gasteiger charge is 2.27. The molecular formula is C22H26N6O4S. The number of anilines is 2. The van der Waals surface area contributed by atoms with Crippen LogP contribution in [0.25, 0.3) is 16.9 Å². The van der Waals surface area contributed by atoms with E-state index in [1.807, 2.05) is 41.3 Å². The Morgan fingerprint density at radius 1 is 1.21 bits per heavy atom. The second-order valence-corrected chi connectivity index (χ2v) is 9.85. The number of hydrogen-bond acceptors (Lipinski definition) is 7. The van der Waals surface area contributed by atoms with Crippen LogP contribution >= 0.6 is 0 Å². The number of nitrogens with two attached hydrogens (primary N) is 1. The molecule has 2 unspecified atom stereocenters. The highest BCUT2D eigenvalue weighted by atomic mass is 32.2. The zero-order valence-electron chi connectivity index (χ0n) is 18.1. The smallest absolute Gasteiger partial charge is 0.333 e. The Labute approximate surface area is 192 Å². The third-order valence-corrected chi connectivity index (χ3v) is 6.71. The molecule has 2 aromatic heterocycles. The number of aromatic nitrogens is 3. The van der Waals surface area contributed by atoms with Crippen molar-refractivity contribution in [1.82, 2.24) is 14.6 Å². The van der Waals surface area contributed by atoms with E-state index < -0.39 is 10.3 Å². The van der Waals surface area contributed by atoms with Crippen LogP contribution in [0.4, 0.5) is 11.5 Å². The van der Waals surface area contributed by atoms with Crippen molar-refractivity contribution in [2.45, 2.75) is 38.1 Å². The molecule has 2 atom stereocenters. The molecule has 1 saturated carbocycles. The van der Waals surface area contributed by atoms with Crippen molar-refractivity contribution >= 4 is 33.4 Å². The number of nitrogens with one attached hydrogen (secondary N) is 1. The molecule has 10 nitrogen and oxygen atoms in total. The van der Waals surface area contributed by atoms with Crippen LogP contribution in [0.3, 0.4) is 0 Å². The minimum Gasteiger partial charge on any atom is -0.367 e. The number of hydrogen-bond donors (Lipinski definition) is 2. The van der Waals surface area contributed by atoms with Gasteiger partial charge in [-0.3, -0.25) is 8.98 Å². The van der Waals surface area contributed by atoms with Gasteiger partial charge in [0.25, 0.3) is 0 Å². The highest BCUT2D eigenvalue weighted by molar-refractivity contribution is 7.84. The van der Waals surface area contributed by atoms with Crippen LogP contribution in [0.2, 0.25) is 0 Å². The first-order valence-electron chi connectivity index (χ1n) is 11.0. The van der Waals surface area contributed by atoms with Gasteiger partial charge in [0.15, 0.2) is 5.65 Å². The van der Waals surface area contributed by atoms with Gasteiger partial charge in [0, 0.05) is 42.5 Å². The van der Waals surface area contributed by atoms with Crippen LogP contribution in [0.15, 0.2) is 42.6 Å². The molecular weight excluding hydrogens is 444 g/mol. The fraction of sp³-hybridized carbons (Fsp3) is 0.409. The second-order valence-electron chi connectivity index (χ2n) is 8.63. The normalized spacial score (nSPS) is 21.2. The topological polar surface area (TPSA) is 132 Å². The lowest BCUT2D eigenvalue weighted by molar-refractivity contribution is -0.117. The average Bonchev–Trinajstić information content (AvgIpc) is 3.52. The lowest BCUT2D eigenvalue weighted by Gasteiger charge is -2.16. The van der Waals surface area contributed by atoms with Gasteiger partial charge in [-0.25, -0.2) is 10.1 Å². The first-order valence-corrected chi connectivity index (χ1v) is 12.5. The Morgan fingerprint density at radius 3 is 2.88 bits per heavy atom. The predicted molar refractivity (Wildman–Crippen MR) is 124 cm³/mol. The van der Waals surface area contributed by atoms with Crippen molar-refractivity contribution in [3.8, 4) is 11.3 Å². The van der Waals surface area contributed by atoms with E-state index >= 15 is 0 Å². The largest absolute Gasteiger partial charge is 0.367 e. The monoisotopic (exact) mass is 470 g/mol. The van der Waals surface area contributed by atoms with Gasteiger partial charge in [-0.2, -0.15) is 18.0 Å². The van der Waals surface area contributed by atoms with Gasteiger partial charge in [0.05, 0.1) is 12.3 Å². The standard InChI is InChI=1S/C22H26N6O4S/c23-33(30,31)32-14-15-6-7-17(11-15)25-20-8-9-24-21-13-19(26-28(20)21)16-3-1-4-18(12-16)27-10-2-5-22(27)29/h1,3-4,8-9,12-13,15,17,25H,2,5-7,10-11,14H2,(H2,23,30,31). The van der Waals surface area contributed by atoms with E-state index in [4.69, 9.17) is 14.4 Å². The van der Waals surface area contributed by atoms with Gasteiger partial charge in [-0.05, 0) is 49.8 Å². The fourth-order valence-corrected chi connectivity index (χ4v) is 5.04. The Hall–Kier alpha value is -3.02. The summed E-state index contributed by atoms with van der Waals surface area (Å²) in [5, 5.41) is 13.2. The van der Waals surface area contributed by atoms with E-state index in [1.54, 1.807) is 10.7 Å². The Balaban J connectivity index is 1.34. The Kier molecular flexibility index (Phi) is 5.77. The first kappa shape index (κ1) is 21.8. The van der Waals surface area contributed by atoms with Gasteiger partial charge in [-0.1, -0.05) is 12.1 Å². The molecule has 3 aromatic rings. The number of amides is 1. The summed E-state index contributed by atoms with van der Waals surface area (Å²) in [4.78, 5) is 18.4. The maximum atomic E-state index is 12.1. The quantitative estimate of drug-likeness (QED) is 0.542. The second kappa shape index (κ2) is 8.73. The molecule has 33 heavy (non-hydrogen) atoms. The lowest BCUT2D eigenvalue weighted by Crippen LogP contribution is -2.23. The van der Waals surface area contributed by atoms with E-state index in [0.29, 0.717) is 12.1 Å². The lowest BCUT2D eigenvalue weighted by atomic mass is 10.1. The number of rotatable bonds is 7. The predicted octanol–water partition coefficient (Wildman–Crippen LogP) is 2.32. The number of carbonyl (C=O) groups is 1. The van der Waals surface area contributed by atoms with E-state index in [9.17, 15) is 13.2 Å². The van der Waals surface area contributed by atoms with Crippen LogP contribution in [-0.4, -0.2) is 48.1 Å². The van der Waals surface area contributed by atoms with Crippen LogP contribution in [0.1, 0.15) is 32.1 Å². The number of benzene rings is 1. The fourth-order valence-electron chi connectivity index (χ4n) is 4.66. The van der Waals surface area contributed by atoms with E-state index in [0.717, 1.165) is 55.0 Å². The third kappa shape index (κ3) is 4.85. The molecule has 5 rings (SSSR count). The summed E-state index contributed by atoms with van der Waals surface area (Å²) in [5.41, 5.74) is 3.29. The van der Waals surface area contributed by atoms with E-state index in [1.165, 1.54) is 0 Å². The van der Waals surface area contributed by atoms with Gasteiger partial charge in [0.1, 0.15) is 5.82 Å². The van der Waals surface area contributed by atoms with Crippen molar-refractivity contribution in [2.75, 3.05) is 23.4 Å². The summed E-state index contributed by atoms with van der Waals surface area (Å²) in [6.45, 7) is 0.845. The van der Waals surface area contributed by atoms with Crippen molar-refractivity contribution in [3.05, 3.63) is 42.6 Å². The maximum absolute atomic E-state index is 12.1. The molecule has 11 heteroatoms. The molecule has 3 N–H and O–H groups in total. The number of fused-ring (bicyclic) bond motifs is 1. The Morgan fingerprint density at radius 2 is 2.09 bits per heavy atom. The summed E-state index contributed by atoms with van der Waals surface area (Å²) < 4.78 is 28.6. The van der Waals surface area contributed by atoms with Crippen LogP contribution < -0.4 is 15.4 Å². The molecule has 1 aliphatic heterocycles. The SMILES string of the molecule is NS(=O)(=O)OCC1CCC(Nc2ccnc3cc(-c4cccc(N5CCCC5=O)c4)nn23)C1. The summed E-state index contributed by atoms with van der Waals surface area (Å²) in [5.74, 6) is 1.09. The summed E-state index contributed by atoms with van der Waals surface area (Å²) in [6.07, 6.45) is 5.73. The van der Waals surface area contributed by atoms with E-state index in [-0.39, 0.29) is 24.5 Å². The van der Waals surface area contributed by atoms with Gasteiger partial charge in [-0.15, -0.1) is 0 Å². The number of nitrogens with zero attached hydrogens (tertiary/aromatic N) is 4. The molecule has 1 saturated heterocycles. The molecule has 2 fully saturated rings. The molecule has 0 spiro atoms. The molecule has 0 radical (unpaired) electrons. The summed E-state index contributed by atoms with van der Waals surface area (Å²) in [6, 6.07) is 11.8. The van der Waals surface area contributed by atoms with Crippen LogP contribution in [0.5, 0.6) is 0 Å². The van der Waals surface area contributed by atoms with Gasteiger partial charge < -0.3 is 10.2 Å². The average molecular weight is 471 g/mol. The molecule has 1 aromatic carbocycles. The molecule has 1 aliphatic carbocycles. The first-order chi connectivity index (χ1) is 15.9. The number of carbonyl (C=O) groups excluding carboxylic acids is 1. The molecule has 0 bridgehead atoms. The van der Waals surface area contributed by atoms with Crippen molar-refractivity contribution in [2.24, 2.45) is 11.1 Å². The van der Waals surface area contributed by atoms with Crippen molar-refractivity contribution in [1.29, 1.82) is 0 Å². The zero-order valence-corrected chi connectivity index (χ0v) is 18.9. The minimum absolute atomic E-state index is 0.102. The van der Waals surface area contributed by atoms with Crippen LogP contribution in [-0.2, 0) is 19.3 Å². The minimum atomic E-state index is -3.92. The third-order valence-electron chi connectivity index (χ3n) is 6.25. The van der Waals surface area contributed by atoms with Crippen LogP contribution in [0, 0.1) is 5.92 Å². The van der Waals surface area contributed by atoms with E-state index in [2.05, 4.69) is 10.3 Å². The van der Waals surface area contributed by atoms with Crippen molar-refractivity contribution in [3.63, 3.8) is 0 Å². The van der Waals surface area contributed by atoms with Gasteiger partial charge in [0.2, 0.25) is 5.91 Å². The Bertz CT molecular complexity index is 1290. The van der Waals surface area contributed by atoms with Crippen molar-refractivity contribution < 1.29 is 17.4 Å². The highest BCUT2D eigenvalue weighted by Crippen LogP contribution is 2.30. The molecule has 174 valence electrons. The zero-order chi connectivity index (χ0) is 23.0. The summed E-state index contributed by atoms with van der Waals surface area (Å²) in [7, 11) is -3.92. The molecule has 2 aliphatic rings. The molecule has 3 heterocycles. The maximum Gasteiger partial charge on any atom is 0.333 e.